The van der Waals surface area contributed by atoms with Crippen LogP contribution in [-0.4, -0.2) is 19.6 Å². The molecular weight excluding hydrogens is 253 g/mol. The van der Waals surface area contributed by atoms with Crippen molar-refractivity contribution in [1.82, 2.24) is 5.32 Å². The number of benzene rings is 1. The number of fused-ring (bicyclic) bond motifs is 1. The number of halogens is 3. The number of hydrogen-bond acceptors (Lipinski definition) is 2. The molecule has 0 spiro atoms. The van der Waals surface area contributed by atoms with Gasteiger partial charge in [-0.25, -0.2) is 0 Å². The lowest BCUT2D eigenvalue weighted by atomic mass is 9.80. The zero-order chi connectivity index (χ0) is 13.5. The number of hydrogen-bond donors (Lipinski definition) is 2. The van der Waals surface area contributed by atoms with Crippen molar-refractivity contribution in [3.05, 3.63) is 29.3 Å². The zero-order valence-electron chi connectivity index (χ0n) is 10.6. The predicted molar refractivity (Wildman–Crippen MR) is 68.3 cm³/mol. The summed E-state index contributed by atoms with van der Waals surface area (Å²) < 4.78 is 38.2. The third kappa shape index (κ3) is 2.43. The third-order valence-electron chi connectivity index (χ3n) is 4.22. The fraction of sp³-hybridized carbons (Fsp3) is 0.571. The van der Waals surface area contributed by atoms with Crippen LogP contribution in [0.5, 0.6) is 0 Å². The molecule has 2 aliphatic heterocycles. The SMILES string of the molecule is FC(F)(F)c1ccc2c(c1)NCCC2C1CCNC1. The van der Waals surface area contributed by atoms with Gasteiger partial charge in [0.25, 0.3) is 0 Å². The first kappa shape index (κ1) is 12.8. The molecule has 0 amide bonds. The Labute approximate surface area is 110 Å². The second kappa shape index (κ2) is 4.71. The molecule has 0 bridgehead atoms. The Morgan fingerprint density at radius 2 is 1.95 bits per heavy atom. The predicted octanol–water partition coefficient (Wildman–Crippen LogP) is 3.21. The Bertz CT molecular complexity index is 464. The van der Waals surface area contributed by atoms with Gasteiger partial charge in [-0.05, 0) is 55.5 Å². The number of alkyl halides is 3. The molecule has 1 aromatic carbocycles. The minimum atomic E-state index is -4.27. The first-order valence-electron chi connectivity index (χ1n) is 6.71. The normalized spacial score (nSPS) is 26.9. The van der Waals surface area contributed by atoms with Gasteiger partial charge in [0.15, 0.2) is 0 Å². The van der Waals surface area contributed by atoms with Crippen LogP contribution in [0.1, 0.15) is 29.9 Å². The highest BCUT2D eigenvalue weighted by atomic mass is 19.4. The molecule has 0 saturated carbocycles. The Morgan fingerprint density at radius 3 is 2.63 bits per heavy atom. The van der Waals surface area contributed by atoms with Crippen molar-refractivity contribution in [3.63, 3.8) is 0 Å². The van der Waals surface area contributed by atoms with Crippen molar-refractivity contribution in [2.75, 3.05) is 25.0 Å². The summed E-state index contributed by atoms with van der Waals surface area (Å²) in [5.74, 6) is 0.936. The van der Waals surface area contributed by atoms with Crippen LogP contribution in [0.15, 0.2) is 18.2 Å². The molecule has 0 aromatic heterocycles. The zero-order valence-corrected chi connectivity index (χ0v) is 10.6. The molecule has 2 heterocycles. The van der Waals surface area contributed by atoms with Crippen molar-refractivity contribution >= 4 is 5.69 Å². The first-order valence-corrected chi connectivity index (χ1v) is 6.71. The Morgan fingerprint density at radius 1 is 1.11 bits per heavy atom. The number of nitrogens with one attached hydrogen (secondary N) is 2. The summed E-state index contributed by atoms with van der Waals surface area (Å²) in [6, 6.07) is 4.12. The van der Waals surface area contributed by atoms with Gasteiger partial charge in [0.1, 0.15) is 0 Å². The second-order valence-electron chi connectivity index (χ2n) is 5.37. The average Bonchev–Trinajstić information content (AvgIpc) is 2.90. The molecule has 1 fully saturated rings. The molecule has 2 nitrogen and oxygen atoms in total. The maximum absolute atomic E-state index is 12.7. The number of anilines is 1. The topological polar surface area (TPSA) is 24.1 Å². The van der Waals surface area contributed by atoms with Crippen LogP contribution in [0, 0.1) is 5.92 Å². The maximum atomic E-state index is 12.7. The van der Waals surface area contributed by atoms with Gasteiger partial charge in [-0.1, -0.05) is 6.07 Å². The van der Waals surface area contributed by atoms with Crippen molar-refractivity contribution < 1.29 is 13.2 Å². The highest BCUT2D eigenvalue weighted by Crippen LogP contribution is 2.41. The van der Waals surface area contributed by atoms with Crippen LogP contribution >= 0.6 is 0 Å². The lowest BCUT2D eigenvalue weighted by molar-refractivity contribution is -0.137. The van der Waals surface area contributed by atoms with E-state index in [4.69, 9.17) is 0 Å². The Hall–Kier alpha value is -1.23. The fourth-order valence-corrected chi connectivity index (χ4v) is 3.24. The van der Waals surface area contributed by atoms with E-state index in [-0.39, 0.29) is 0 Å². The van der Waals surface area contributed by atoms with Gasteiger partial charge in [-0.3, -0.25) is 0 Å². The molecule has 0 aliphatic carbocycles. The van der Waals surface area contributed by atoms with E-state index in [9.17, 15) is 13.2 Å². The van der Waals surface area contributed by atoms with Crippen molar-refractivity contribution in [2.45, 2.75) is 24.9 Å². The third-order valence-corrected chi connectivity index (χ3v) is 4.22. The highest BCUT2D eigenvalue weighted by Gasteiger charge is 2.34. The summed E-state index contributed by atoms with van der Waals surface area (Å²) in [5.41, 5.74) is 1.15. The molecule has 104 valence electrons. The van der Waals surface area contributed by atoms with Crippen LogP contribution in [0.2, 0.25) is 0 Å². The molecule has 3 rings (SSSR count). The van der Waals surface area contributed by atoms with E-state index in [1.807, 2.05) is 0 Å². The molecule has 2 unspecified atom stereocenters. The largest absolute Gasteiger partial charge is 0.416 e. The summed E-state index contributed by atoms with van der Waals surface area (Å²) >= 11 is 0. The van der Waals surface area contributed by atoms with Crippen molar-refractivity contribution in [1.29, 1.82) is 0 Å². The van der Waals surface area contributed by atoms with Gasteiger partial charge in [0.05, 0.1) is 5.56 Å². The van der Waals surface area contributed by atoms with E-state index in [1.54, 1.807) is 6.07 Å². The average molecular weight is 270 g/mol. The lowest BCUT2D eigenvalue weighted by Gasteiger charge is -2.31. The van der Waals surface area contributed by atoms with Gasteiger partial charge < -0.3 is 10.6 Å². The van der Waals surface area contributed by atoms with Gasteiger partial charge >= 0.3 is 6.18 Å². The van der Waals surface area contributed by atoms with Gasteiger partial charge in [0, 0.05) is 12.2 Å². The fourth-order valence-electron chi connectivity index (χ4n) is 3.24. The molecule has 0 radical (unpaired) electrons. The van der Waals surface area contributed by atoms with Gasteiger partial charge in [-0.2, -0.15) is 13.2 Å². The molecule has 2 aliphatic rings. The smallest absolute Gasteiger partial charge is 0.385 e. The van der Waals surface area contributed by atoms with E-state index in [2.05, 4.69) is 10.6 Å². The molecule has 5 heteroatoms. The van der Waals surface area contributed by atoms with Crippen LogP contribution in [0.3, 0.4) is 0 Å². The monoisotopic (exact) mass is 270 g/mol. The summed E-state index contributed by atoms with van der Waals surface area (Å²) in [5, 5.41) is 6.44. The quantitative estimate of drug-likeness (QED) is 0.818. The molecule has 2 N–H and O–H groups in total. The molecular formula is C14H17F3N2. The summed E-state index contributed by atoms with van der Waals surface area (Å²) in [6.07, 6.45) is -2.14. The number of rotatable bonds is 1. The molecule has 1 saturated heterocycles. The lowest BCUT2D eigenvalue weighted by Crippen LogP contribution is -2.24. The molecule has 1 aromatic rings. The van der Waals surface area contributed by atoms with E-state index in [0.717, 1.165) is 38.0 Å². The summed E-state index contributed by atoms with van der Waals surface area (Å²) in [6.45, 7) is 2.76. The molecule has 19 heavy (non-hydrogen) atoms. The second-order valence-corrected chi connectivity index (χ2v) is 5.37. The van der Waals surface area contributed by atoms with Gasteiger partial charge in [-0.15, -0.1) is 0 Å². The first-order chi connectivity index (χ1) is 9.05. The van der Waals surface area contributed by atoms with Crippen LogP contribution in [0.25, 0.3) is 0 Å². The highest BCUT2D eigenvalue weighted by molar-refractivity contribution is 5.57. The summed E-state index contributed by atoms with van der Waals surface area (Å²) in [7, 11) is 0. The van der Waals surface area contributed by atoms with E-state index in [0.29, 0.717) is 17.5 Å². The Balaban J connectivity index is 1.92. The van der Waals surface area contributed by atoms with E-state index >= 15 is 0 Å². The minimum absolute atomic E-state index is 0.383. The summed E-state index contributed by atoms with van der Waals surface area (Å²) in [4.78, 5) is 0. The maximum Gasteiger partial charge on any atom is 0.416 e. The van der Waals surface area contributed by atoms with Gasteiger partial charge in [0.2, 0.25) is 0 Å². The van der Waals surface area contributed by atoms with Crippen molar-refractivity contribution in [2.24, 2.45) is 5.92 Å². The van der Waals surface area contributed by atoms with Crippen LogP contribution in [-0.2, 0) is 6.18 Å². The Kier molecular flexibility index (Phi) is 3.17. The minimum Gasteiger partial charge on any atom is -0.385 e. The van der Waals surface area contributed by atoms with E-state index in [1.165, 1.54) is 12.1 Å². The van der Waals surface area contributed by atoms with Crippen LogP contribution in [0.4, 0.5) is 18.9 Å². The van der Waals surface area contributed by atoms with Crippen LogP contribution < -0.4 is 10.6 Å². The molecule has 2 atom stereocenters. The standard InChI is InChI=1S/C14H17F3N2/c15-14(16,17)10-1-2-12-11(9-3-5-18-8-9)4-6-19-13(12)7-10/h1-2,7,9,11,18-19H,3-6,8H2. The van der Waals surface area contributed by atoms with Crippen molar-refractivity contribution in [3.8, 4) is 0 Å². The van der Waals surface area contributed by atoms with E-state index < -0.39 is 11.7 Å².